The average molecular weight is 229 g/mol. The molecule has 0 nitrogen and oxygen atoms in total. The molecule has 1 unspecified atom stereocenters. The van der Waals surface area contributed by atoms with Gasteiger partial charge >= 0.3 is 70.8 Å². The summed E-state index contributed by atoms with van der Waals surface area (Å²) in [5, 5.41) is 0. The molecule has 0 aromatic rings. The summed E-state index contributed by atoms with van der Waals surface area (Å²) in [6.07, 6.45) is 0.847. The summed E-state index contributed by atoms with van der Waals surface area (Å²) in [5.74, 6) is 0. The monoisotopic (exact) mass is 228 g/mol. The zero-order valence-electron chi connectivity index (χ0n) is 4.37. The summed E-state index contributed by atoms with van der Waals surface area (Å²) in [6, 6.07) is 0. The molecule has 50 valence electrons. The van der Waals surface area contributed by atoms with Crippen LogP contribution in [0.25, 0.3) is 0 Å². The standard InChI is InChI=1S/C3H7S.3ClH.Ti/c1-2-3-4;;;;/h3-4H,2H2,1H3;3*1H;/q;;;;+3/p-3. The third-order valence-electron chi connectivity index (χ3n) is 0.765. The molecule has 5 heteroatoms. The van der Waals surface area contributed by atoms with Crippen LogP contribution in [0.4, 0.5) is 0 Å². The Kier molecular flexibility index (Phi) is 4.90. The van der Waals surface area contributed by atoms with E-state index in [1.165, 1.54) is 0 Å². The van der Waals surface area contributed by atoms with Gasteiger partial charge in [-0.25, -0.2) is 0 Å². The van der Waals surface area contributed by atoms with E-state index in [-0.39, 0.29) is 3.55 Å². The van der Waals surface area contributed by atoms with Gasteiger partial charge in [-0.05, 0) is 0 Å². The Morgan fingerprint density at radius 2 is 1.88 bits per heavy atom. The molecule has 1 atom stereocenters. The van der Waals surface area contributed by atoms with Crippen LogP contribution in [-0.2, 0) is 13.4 Å². The van der Waals surface area contributed by atoms with Gasteiger partial charge in [0.15, 0.2) is 0 Å². The van der Waals surface area contributed by atoms with E-state index in [4.69, 9.17) is 27.9 Å². The van der Waals surface area contributed by atoms with Crippen LogP contribution < -0.4 is 0 Å². The van der Waals surface area contributed by atoms with Crippen LogP contribution in [0.5, 0.6) is 0 Å². The first-order valence-electron chi connectivity index (χ1n) is 2.23. The molecule has 0 radical (unpaired) electrons. The molecule has 0 fully saturated rings. The molecule has 0 N–H and O–H groups in total. The van der Waals surface area contributed by atoms with Crippen LogP contribution in [0.3, 0.4) is 0 Å². The van der Waals surface area contributed by atoms with Crippen molar-refractivity contribution in [1.29, 1.82) is 0 Å². The molecule has 0 saturated carbocycles. The summed E-state index contributed by atoms with van der Waals surface area (Å²) >= 11 is 1.17. The van der Waals surface area contributed by atoms with E-state index < -0.39 is 13.4 Å². The predicted octanol–water partition coefficient (Wildman–Crippen LogP) is 3.27. The molecule has 0 aromatic heterocycles. The van der Waals surface area contributed by atoms with Crippen molar-refractivity contribution >= 4 is 40.5 Å². The molecule has 0 aromatic carbocycles. The fourth-order valence-corrected chi connectivity index (χ4v) is 2.86. The average Bonchev–Trinajstić information content (AvgIpc) is 1.62. The van der Waals surface area contributed by atoms with Crippen molar-refractivity contribution in [3.63, 3.8) is 0 Å². The molecular weight excluding hydrogens is 222 g/mol. The van der Waals surface area contributed by atoms with Crippen molar-refractivity contribution in [2.24, 2.45) is 0 Å². The van der Waals surface area contributed by atoms with Crippen molar-refractivity contribution in [2.75, 3.05) is 0 Å². The van der Waals surface area contributed by atoms with E-state index in [1.807, 2.05) is 6.92 Å². The van der Waals surface area contributed by atoms with Gasteiger partial charge in [-0.3, -0.25) is 0 Å². The van der Waals surface area contributed by atoms with E-state index in [1.54, 1.807) is 0 Å². The van der Waals surface area contributed by atoms with Crippen LogP contribution in [0.1, 0.15) is 13.3 Å². The summed E-state index contributed by atoms with van der Waals surface area (Å²) in [5.41, 5.74) is 0. The zero-order valence-corrected chi connectivity index (χ0v) is 9.09. The van der Waals surface area contributed by atoms with E-state index in [9.17, 15) is 0 Å². The summed E-state index contributed by atoms with van der Waals surface area (Å²) in [4.78, 5) is 0. The molecular formula is C3H7Cl3STi. The van der Waals surface area contributed by atoms with Gasteiger partial charge in [0.1, 0.15) is 0 Å². The first-order chi connectivity index (χ1) is 3.48. The molecule has 0 spiro atoms. The number of thiol groups is 1. The Bertz CT molecular complexity index is 71.4. The summed E-state index contributed by atoms with van der Waals surface area (Å²) in [7, 11) is 16.9. The fourth-order valence-electron chi connectivity index (χ4n) is 0.231. The van der Waals surface area contributed by atoms with Gasteiger partial charge in [0.05, 0.1) is 0 Å². The Morgan fingerprint density at radius 1 is 1.50 bits per heavy atom. The minimum absolute atomic E-state index is 0.0278. The van der Waals surface area contributed by atoms with Gasteiger partial charge in [-0.2, -0.15) is 0 Å². The van der Waals surface area contributed by atoms with Gasteiger partial charge in [0.2, 0.25) is 0 Å². The number of hydrogen-bond acceptors (Lipinski definition) is 1. The van der Waals surface area contributed by atoms with Crippen molar-refractivity contribution in [2.45, 2.75) is 16.9 Å². The SMILES string of the molecule is CC[CH](S)[Ti]([Cl])([Cl])[Cl]. The topological polar surface area (TPSA) is 0 Å². The molecule has 0 rings (SSSR count). The van der Waals surface area contributed by atoms with Crippen molar-refractivity contribution in [3.05, 3.63) is 0 Å². The van der Waals surface area contributed by atoms with Gasteiger partial charge in [-0.15, -0.1) is 0 Å². The van der Waals surface area contributed by atoms with Gasteiger partial charge in [0.25, 0.3) is 0 Å². The Hall–Kier alpha value is 1.93. The van der Waals surface area contributed by atoms with Crippen LogP contribution in [-0.4, -0.2) is 3.55 Å². The molecule has 0 saturated heterocycles. The van der Waals surface area contributed by atoms with Crippen LogP contribution in [0.2, 0.25) is 0 Å². The van der Waals surface area contributed by atoms with E-state index >= 15 is 0 Å². The molecule has 0 amide bonds. The van der Waals surface area contributed by atoms with E-state index in [2.05, 4.69) is 12.6 Å². The Labute approximate surface area is 70.3 Å². The van der Waals surface area contributed by atoms with E-state index in [0.717, 1.165) is 6.42 Å². The minimum atomic E-state index is -2.92. The molecule has 0 aliphatic rings. The van der Waals surface area contributed by atoms with Gasteiger partial charge in [-0.1, -0.05) is 0 Å². The van der Waals surface area contributed by atoms with Crippen molar-refractivity contribution in [1.82, 2.24) is 0 Å². The van der Waals surface area contributed by atoms with Crippen LogP contribution >= 0.6 is 40.5 Å². The number of rotatable bonds is 2. The second kappa shape index (κ2) is 3.95. The zero-order chi connectivity index (χ0) is 6.78. The first kappa shape index (κ1) is 9.93. The molecule has 0 aliphatic carbocycles. The third-order valence-corrected chi connectivity index (χ3v) is 9.68. The second-order valence-electron chi connectivity index (χ2n) is 1.47. The maximum absolute atomic E-state index is 5.63. The number of halogens is 3. The molecule has 0 bridgehead atoms. The molecule has 0 aliphatic heterocycles. The first-order valence-corrected chi connectivity index (χ1v) is 10.1. The van der Waals surface area contributed by atoms with Crippen molar-refractivity contribution < 1.29 is 13.4 Å². The van der Waals surface area contributed by atoms with Crippen LogP contribution in [0, 0.1) is 0 Å². The Morgan fingerprint density at radius 3 is 1.88 bits per heavy atom. The Balaban J connectivity index is 3.62. The second-order valence-corrected chi connectivity index (χ2v) is 15.4. The third kappa shape index (κ3) is 3.87. The summed E-state index contributed by atoms with van der Waals surface area (Å²) < 4.78 is 0.0278. The van der Waals surface area contributed by atoms with Gasteiger partial charge in [0, 0.05) is 0 Å². The maximum atomic E-state index is 5.63. The van der Waals surface area contributed by atoms with Gasteiger partial charge < -0.3 is 0 Å². The van der Waals surface area contributed by atoms with E-state index in [0.29, 0.717) is 0 Å². The summed E-state index contributed by atoms with van der Waals surface area (Å²) in [6.45, 7) is 1.96. The van der Waals surface area contributed by atoms with Crippen molar-refractivity contribution in [3.8, 4) is 0 Å². The normalized spacial score (nSPS) is 16.1. The molecule has 8 heavy (non-hydrogen) atoms. The fraction of sp³-hybridized carbons (Fsp3) is 1.00. The van der Waals surface area contributed by atoms with Crippen LogP contribution in [0.15, 0.2) is 0 Å². The quantitative estimate of drug-likeness (QED) is 0.545. The number of hydrogen-bond donors (Lipinski definition) is 1. The molecule has 0 heterocycles. The predicted molar refractivity (Wildman–Crippen MR) is 40.6 cm³/mol.